The summed E-state index contributed by atoms with van der Waals surface area (Å²) < 4.78 is 38.6. The second kappa shape index (κ2) is 12.5. The molecule has 3 aromatic rings. The lowest BCUT2D eigenvalue weighted by Crippen LogP contribution is -2.27. The van der Waals surface area contributed by atoms with Crippen LogP contribution in [0.2, 0.25) is 5.02 Å². The molecule has 2 heterocycles. The molecular weight excluding hydrogens is 497 g/mol. The number of carbonyl (C=O) groups excluding carboxylic acids is 1. The van der Waals surface area contributed by atoms with Gasteiger partial charge in [0.05, 0.1) is 23.8 Å². The summed E-state index contributed by atoms with van der Waals surface area (Å²) in [5.41, 5.74) is 1.75. The van der Waals surface area contributed by atoms with Crippen LogP contribution in [-0.2, 0) is 14.8 Å². The Morgan fingerprint density at radius 3 is 2.71 bits per heavy atom. The molecule has 0 bridgehead atoms. The lowest BCUT2D eigenvalue weighted by molar-refractivity contribution is -0.116. The van der Waals surface area contributed by atoms with Crippen molar-refractivity contribution in [2.75, 3.05) is 36.5 Å². The highest BCUT2D eigenvalue weighted by Crippen LogP contribution is 2.27. The van der Waals surface area contributed by atoms with Gasteiger partial charge < -0.3 is 16.0 Å². The van der Waals surface area contributed by atoms with E-state index in [1.54, 1.807) is 18.2 Å². The molecule has 1 amide bonds. The van der Waals surface area contributed by atoms with Crippen LogP contribution in [-0.4, -0.2) is 55.4 Å². The normalized spacial score (nSPS) is 11.3. The number of nitrogens with one attached hydrogen (secondary N) is 4. The summed E-state index contributed by atoms with van der Waals surface area (Å²) >= 11 is 5.97. The second-order valence-corrected chi connectivity index (χ2v) is 9.85. The first kappa shape index (κ1) is 26.4. The summed E-state index contributed by atoms with van der Waals surface area (Å²) in [6.45, 7) is 1.35. The molecule has 0 saturated carbocycles. The number of sulfonamides is 1. The van der Waals surface area contributed by atoms with E-state index in [1.165, 1.54) is 30.6 Å². The fourth-order valence-electron chi connectivity index (χ4n) is 3.01. The lowest BCUT2D eigenvalue weighted by atomic mass is 10.1. The molecule has 0 aliphatic carbocycles. The van der Waals surface area contributed by atoms with Gasteiger partial charge in [-0.2, -0.15) is 10.2 Å². The highest BCUT2D eigenvalue weighted by atomic mass is 35.5. The molecule has 1 aromatic carbocycles. The fraction of sp³-hybridized carbons (Fsp3) is 0.273. The molecule has 186 valence electrons. The number of hydrogen-bond donors (Lipinski definition) is 4. The molecule has 13 heteroatoms. The minimum Gasteiger partial charge on any atom is -0.354 e. The third-order valence-corrected chi connectivity index (χ3v) is 5.56. The first-order valence-corrected chi connectivity index (χ1v) is 12.9. The van der Waals surface area contributed by atoms with Crippen molar-refractivity contribution in [1.82, 2.24) is 25.2 Å². The zero-order valence-electron chi connectivity index (χ0n) is 18.9. The van der Waals surface area contributed by atoms with Crippen molar-refractivity contribution in [2.24, 2.45) is 0 Å². The van der Waals surface area contributed by atoms with Gasteiger partial charge >= 0.3 is 0 Å². The Morgan fingerprint density at radius 1 is 1.09 bits per heavy atom. The van der Waals surface area contributed by atoms with Crippen LogP contribution in [0, 0.1) is 5.82 Å². The van der Waals surface area contributed by atoms with Gasteiger partial charge in [0.2, 0.25) is 15.9 Å². The number of hydrogen-bond acceptors (Lipinski definition) is 8. The maximum absolute atomic E-state index is 14.2. The van der Waals surface area contributed by atoms with Crippen molar-refractivity contribution in [1.29, 1.82) is 0 Å². The van der Waals surface area contributed by atoms with Gasteiger partial charge in [-0.3, -0.25) is 4.79 Å². The average molecular weight is 522 g/mol. The van der Waals surface area contributed by atoms with Crippen molar-refractivity contribution in [2.45, 2.75) is 12.8 Å². The summed E-state index contributed by atoms with van der Waals surface area (Å²) in [6, 6.07) is 9.20. The number of pyridine rings is 1. The lowest BCUT2D eigenvalue weighted by Gasteiger charge is -2.10. The molecule has 35 heavy (non-hydrogen) atoms. The zero-order valence-corrected chi connectivity index (χ0v) is 20.5. The molecule has 0 atom stereocenters. The van der Waals surface area contributed by atoms with Crippen molar-refractivity contribution in [3.8, 4) is 11.3 Å². The van der Waals surface area contributed by atoms with Crippen LogP contribution in [0.5, 0.6) is 0 Å². The minimum absolute atomic E-state index is 0.222. The van der Waals surface area contributed by atoms with Crippen molar-refractivity contribution in [3.63, 3.8) is 0 Å². The van der Waals surface area contributed by atoms with E-state index in [0.29, 0.717) is 54.0 Å². The Bertz CT molecular complexity index is 1280. The predicted octanol–water partition coefficient (Wildman–Crippen LogP) is 2.93. The van der Waals surface area contributed by atoms with E-state index in [-0.39, 0.29) is 17.9 Å². The molecule has 0 aliphatic heterocycles. The Hall–Kier alpha value is -3.19. The standard InChI is InChI=1S/C22H25ClFN7O3S/c1-35(33,34)28-8-2-7-25-9-6-22(32)30-21-13-16(5-10-26-21)29-17-12-20(31-27-14-17)18-11-15(23)3-4-19(18)24/h3-5,10-14,25,28H,2,6-9H2,1H3,(H2,26,29,30,31,32). The number of benzene rings is 1. The molecule has 0 radical (unpaired) electrons. The maximum Gasteiger partial charge on any atom is 0.226 e. The second-order valence-electron chi connectivity index (χ2n) is 7.58. The van der Waals surface area contributed by atoms with Crippen LogP contribution in [0.4, 0.5) is 21.6 Å². The van der Waals surface area contributed by atoms with Gasteiger partial charge in [-0.25, -0.2) is 22.5 Å². The van der Waals surface area contributed by atoms with Crippen LogP contribution in [0.1, 0.15) is 12.8 Å². The molecule has 0 fully saturated rings. The molecular formula is C22H25ClFN7O3S. The highest BCUT2D eigenvalue weighted by Gasteiger charge is 2.10. The first-order chi connectivity index (χ1) is 16.7. The first-order valence-electron chi connectivity index (χ1n) is 10.7. The third-order valence-electron chi connectivity index (χ3n) is 4.60. The van der Waals surface area contributed by atoms with E-state index >= 15 is 0 Å². The van der Waals surface area contributed by atoms with E-state index in [2.05, 4.69) is 35.9 Å². The molecule has 3 rings (SSSR count). The van der Waals surface area contributed by atoms with Gasteiger partial charge in [0.1, 0.15) is 11.6 Å². The van der Waals surface area contributed by atoms with E-state index in [1.807, 2.05) is 0 Å². The van der Waals surface area contributed by atoms with Crippen LogP contribution < -0.4 is 20.7 Å². The Morgan fingerprint density at radius 2 is 1.91 bits per heavy atom. The number of amides is 1. The van der Waals surface area contributed by atoms with Crippen LogP contribution >= 0.6 is 11.6 Å². The molecule has 4 N–H and O–H groups in total. The number of carbonyl (C=O) groups is 1. The zero-order chi connectivity index (χ0) is 25.3. The fourth-order valence-corrected chi connectivity index (χ4v) is 3.69. The van der Waals surface area contributed by atoms with Crippen LogP contribution in [0.25, 0.3) is 11.3 Å². The number of halogens is 2. The Kier molecular flexibility index (Phi) is 9.43. The van der Waals surface area contributed by atoms with Crippen LogP contribution in [0.3, 0.4) is 0 Å². The van der Waals surface area contributed by atoms with E-state index < -0.39 is 15.8 Å². The van der Waals surface area contributed by atoms with Gasteiger partial charge in [0.25, 0.3) is 0 Å². The number of nitrogens with zero attached hydrogens (tertiary/aromatic N) is 3. The van der Waals surface area contributed by atoms with E-state index in [0.717, 1.165) is 6.26 Å². The highest BCUT2D eigenvalue weighted by molar-refractivity contribution is 7.88. The largest absolute Gasteiger partial charge is 0.354 e. The molecule has 0 saturated heterocycles. The van der Waals surface area contributed by atoms with E-state index in [4.69, 9.17) is 11.6 Å². The number of anilines is 3. The maximum atomic E-state index is 14.2. The SMILES string of the molecule is CS(=O)(=O)NCCCNCCC(=O)Nc1cc(Nc2cnnc(-c3cc(Cl)ccc3F)c2)ccn1. The minimum atomic E-state index is -3.19. The molecule has 10 nitrogen and oxygen atoms in total. The van der Waals surface area contributed by atoms with Gasteiger partial charge in [0, 0.05) is 48.0 Å². The van der Waals surface area contributed by atoms with Gasteiger partial charge in [-0.15, -0.1) is 0 Å². The van der Waals surface area contributed by atoms with Crippen molar-refractivity contribution >= 4 is 44.7 Å². The van der Waals surface area contributed by atoms with Crippen molar-refractivity contribution in [3.05, 3.63) is 59.6 Å². The van der Waals surface area contributed by atoms with Crippen LogP contribution in [0.15, 0.2) is 48.8 Å². The van der Waals surface area contributed by atoms with Gasteiger partial charge in [0.15, 0.2) is 0 Å². The average Bonchev–Trinajstić information content (AvgIpc) is 2.80. The predicted molar refractivity (Wildman–Crippen MR) is 134 cm³/mol. The van der Waals surface area contributed by atoms with Gasteiger partial charge in [-0.05, 0) is 43.3 Å². The third kappa shape index (κ3) is 9.17. The number of rotatable bonds is 12. The molecule has 0 aliphatic rings. The molecule has 0 spiro atoms. The molecule has 0 unspecified atom stereocenters. The quantitative estimate of drug-likeness (QED) is 0.267. The smallest absolute Gasteiger partial charge is 0.226 e. The summed E-state index contributed by atoms with van der Waals surface area (Å²) in [5.74, 6) is -0.323. The monoisotopic (exact) mass is 521 g/mol. The summed E-state index contributed by atoms with van der Waals surface area (Å²) in [6.07, 6.45) is 4.97. The van der Waals surface area contributed by atoms with Gasteiger partial charge in [-0.1, -0.05) is 11.6 Å². The Balaban J connectivity index is 1.50. The molecule has 2 aromatic heterocycles. The van der Waals surface area contributed by atoms with E-state index in [9.17, 15) is 17.6 Å². The summed E-state index contributed by atoms with van der Waals surface area (Å²) in [4.78, 5) is 16.3. The summed E-state index contributed by atoms with van der Waals surface area (Å²) in [5, 5.41) is 17.2. The van der Waals surface area contributed by atoms with Crippen molar-refractivity contribution < 1.29 is 17.6 Å². The Labute approximate surface area is 207 Å². The number of aromatic nitrogens is 3. The summed E-state index contributed by atoms with van der Waals surface area (Å²) in [7, 11) is -3.19. The topological polar surface area (TPSA) is 138 Å².